The van der Waals surface area contributed by atoms with Crippen LogP contribution in [0, 0.1) is 0 Å². The average Bonchev–Trinajstić information content (AvgIpc) is 2.45. The monoisotopic (exact) mass is 278 g/mol. The molecule has 0 aromatic heterocycles. The molecule has 20 heavy (non-hydrogen) atoms. The Morgan fingerprint density at radius 1 is 1.25 bits per heavy atom. The van der Waals surface area contributed by atoms with Gasteiger partial charge in [-0.2, -0.15) is 0 Å². The second kappa shape index (κ2) is 9.37. The summed E-state index contributed by atoms with van der Waals surface area (Å²) >= 11 is 0. The van der Waals surface area contributed by atoms with Gasteiger partial charge in [0.05, 0.1) is 0 Å². The van der Waals surface area contributed by atoms with Crippen molar-refractivity contribution in [1.29, 1.82) is 0 Å². The number of carbonyl (C=O) groups excluding carboxylic acids is 1. The molecule has 0 heterocycles. The smallest absolute Gasteiger partial charge is 0.315 e. The molecule has 0 bridgehead atoms. The molecule has 4 nitrogen and oxygen atoms in total. The van der Waals surface area contributed by atoms with Gasteiger partial charge in [-0.3, -0.25) is 0 Å². The van der Waals surface area contributed by atoms with Crippen molar-refractivity contribution in [2.45, 2.75) is 45.6 Å². The molecule has 0 saturated carbocycles. The van der Waals surface area contributed by atoms with Gasteiger partial charge in [-0.25, -0.2) is 4.79 Å². The average molecular weight is 278 g/mol. The first-order valence-corrected chi connectivity index (χ1v) is 7.38. The van der Waals surface area contributed by atoms with E-state index in [4.69, 9.17) is 5.11 Å². The molecule has 2 amide bonds. The van der Waals surface area contributed by atoms with Gasteiger partial charge in [-0.15, -0.1) is 0 Å². The Labute approximate surface area is 121 Å². The van der Waals surface area contributed by atoms with Crippen LogP contribution in [0.25, 0.3) is 0 Å². The summed E-state index contributed by atoms with van der Waals surface area (Å²) in [4.78, 5) is 11.6. The molecule has 4 heteroatoms. The lowest BCUT2D eigenvalue weighted by atomic mass is 10.1. The van der Waals surface area contributed by atoms with Gasteiger partial charge in [0.1, 0.15) is 0 Å². The Balaban J connectivity index is 2.20. The van der Waals surface area contributed by atoms with Gasteiger partial charge in [0.15, 0.2) is 0 Å². The lowest BCUT2D eigenvalue weighted by Gasteiger charge is -2.14. The number of aliphatic hydroxyl groups excluding tert-OH is 1. The number of carbonyl (C=O) groups is 1. The van der Waals surface area contributed by atoms with Crippen LogP contribution in [-0.4, -0.2) is 30.3 Å². The van der Waals surface area contributed by atoms with Crippen LogP contribution in [0.5, 0.6) is 0 Å². The van der Waals surface area contributed by atoms with Gasteiger partial charge < -0.3 is 15.7 Å². The van der Waals surface area contributed by atoms with E-state index in [0.29, 0.717) is 13.0 Å². The van der Waals surface area contributed by atoms with E-state index in [-0.39, 0.29) is 18.7 Å². The van der Waals surface area contributed by atoms with Crippen molar-refractivity contribution in [3.8, 4) is 0 Å². The Morgan fingerprint density at radius 2 is 1.90 bits per heavy atom. The van der Waals surface area contributed by atoms with E-state index in [2.05, 4.69) is 41.8 Å². The van der Waals surface area contributed by atoms with E-state index in [9.17, 15) is 4.79 Å². The van der Waals surface area contributed by atoms with Gasteiger partial charge >= 0.3 is 6.03 Å². The Bertz CT molecular complexity index is 390. The zero-order valence-electron chi connectivity index (χ0n) is 12.5. The first-order chi connectivity index (χ1) is 9.65. The second-order valence-electron chi connectivity index (χ2n) is 5.09. The number of aryl methyl sites for hydroxylation is 1. The molecule has 1 atom stereocenters. The highest BCUT2D eigenvalue weighted by Gasteiger charge is 2.05. The fraction of sp³-hybridized carbons (Fsp3) is 0.562. The maximum atomic E-state index is 11.6. The third kappa shape index (κ3) is 6.57. The quantitative estimate of drug-likeness (QED) is 0.683. The summed E-state index contributed by atoms with van der Waals surface area (Å²) in [5.41, 5.74) is 2.56. The highest BCUT2D eigenvalue weighted by Crippen LogP contribution is 2.05. The fourth-order valence-corrected chi connectivity index (χ4v) is 2.01. The van der Waals surface area contributed by atoms with Gasteiger partial charge in [-0.1, -0.05) is 31.2 Å². The molecular weight excluding hydrogens is 252 g/mol. The third-order valence-electron chi connectivity index (χ3n) is 3.30. The number of aliphatic hydroxyl groups is 1. The standard InChI is InChI=1S/C16H26N2O2/c1-3-14-6-8-15(9-7-14)10-11-17-16(20)18-13(2)5-4-12-19/h6-9,13,19H,3-5,10-12H2,1-2H3,(H2,17,18,20). The molecule has 1 aromatic rings. The van der Waals surface area contributed by atoms with E-state index in [1.165, 1.54) is 11.1 Å². The van der Waals surface area contributed by atoms with Crippen molar-refractivity contribution < 1.29 is 9.90 Å². The van der Waals surface area contributed by atoms with Gasteiger partial charge in [0.2, 0.25) is 0 Å². The summed E-state index contributed by atoms with van der Waals surface area (Å²) < 4.78 is 0. The third-order valence-corrected chi connectivity index (χ3v) is 3.30. The van der Waals surface area contributed by atoms with Crippen LogP contribution in [0.3, 0.4) is 0 Å². The number of hydrogen-bond donors (Lipinski definition) is 3. The molecule has 0 aliphatic carbocycles. The van der Waals surface area contributed by atoms with Crippen LogP contribution in [0.15, 0.2) is 24.3 Å². The predicted octanol–water partition coefficient (Wildman–Crippen LogP) is 2.25. The summed E-state index contributed by atoms with van der Waals surface area (Å²) in [7, 11) is 0. The summed E-state index contributed by atoms with van der Waals surface area (Å²) in [6.07, 6.45) is 3.39. The number of benzene rings is 1. The van der Waals surface area contributed by atoms with Crippen LogP contribution >= 0.6 is 0 Å². The molecule has 3 N–H and O–H groups in total. The van der Waals surface area contributed by atoms with E-state index in [1.807, 2.05) is 6.92 Å². The molecule has 1 rings (SSSR count). The van der Waals surface area contributed by atoms with Crippen LogP contribution in [-0.2, 0) is 12.8 Å². The van der Waals surface area contributed by atoms with Gasteiger partial charge in [0.25, 0.3) is 0 Å². The number of nitrogens with one attached hydrogen (secondary N) is 2. The Morgan fingerprint density at radius 3 is 2.50 bits per heavy atom. The van der Waals surface area contributed by atoms with E-state index < -0.39 is 0 Å². The Kier molecular flexibility index (Phi) is 7.73. The molecule has 1 aromatic carbocycles. The first-order valence-electron chi connectivity index (χ1n) is 7.38. The van der Waals surface area contributed by atoms with Crippen molar-refractivity contribution >= 4 is 6.03 Å². The second-order valence-corrected chi connectivity index (χ2v) is 5.09. The number of hydrogen-bond acceptors (Lipinski definition) is 2. The van der Waals surface area contributed by atoms with Crippen molar-refractivity contribution in [2.75, 3.05) is 13.2 Å². The molecule has 112 valence electrons. The minimum absolute atomic E-state index is 0.0889. The maximum absolute atomic E-state index is 11.6. The molecular formula is C16H26N2O2. The number of rotatable bonds is 8. The molecule has 1 unspecified atom stereocenters. The topological polar surface area (TPSA) is 61.4 Å². The summed E-state index contributed by atoms with van der Waals surface area (Å²) in [6, 6.07) is 8.44. The van der Waals surface area contributed by atoms with Crippen molar-refractivity contribution in [2.24, 2.45) is 0 Å². The lowest BCUT2D eigenvalue weighted by molar-refractivity contribution is 0.234. The molecule has 0 spiro atoms. The van der Waals surface area contributed by atoms with Gasteiger partial charge in [0, 0.05) is 19.2 Å². The summed E-state index contributed by atoms with van der Waals surface area (Å²) in [5.74, 6) is 0. The summed E-state index contributed by atoms with van der Waals surface area (Å²) in [6.45, 7) is 4.88. The molecule has 0 aliphatic heterocycles. The number of amides is 2. The first kappa shape index (κ1) is 16.5. The predicted molar refractivity (Wildman–Crippen MR) is 81.8 cm³/mol. The van der Waals surface area contributed by atoms with Crippen LogP contribution in [0.1, 0.15) is 37.8 Å². The Hall–Kier alpha value is -1.55. The van der Waals surface area contributed by atoms with E-state index in [0.717, 1.165) is 19.3 Å². The van der Waals surface area contributed by atoms with Crippen LogP contribution < -0.4 is 10.6 Å². The molecule has 0 saturated heterocycles. The number of urea groups is 1. The van der Waals surface area contributed by atoms with Crippen molar-refractivity contribution in [3.05, 3.63) is 35.4 Å². The lowest BCUT2D eigenvalue weighted by Crippen LogP contribution is -2.41. The molecule has 0 radical (unpaired) electrons. The molecule has 0 aliphatic rings. The normalized spacial score (nSPS) is 11.9. The largest absolute Gasteiger partial charge is 0.396 e. The van der Waals surface area contributed by atoms with Crippen LogP contribution in [0.4, 0.5) is 4.79 Å². The zero-order valence-corrected chi connectivity index (χ0v) is 12.5. The highest BCUT2D eigenvalue weighted by molar-refractivity contribution is 5.74. The van der Waals surface area contributed by atoms with E-state index in [1.54, 1.807) is 0 Å². The summed E-state index contributed by atoms with van der Waals surface area (Å²) in [5, 5.41) is 14.4. The van der Waals surface area contributed by atoms with Crippen LogP contribution in [0.2, 0.25) is 0 Å². The van der Waals surface area contributed by atoms with Crippen molar-refractivity contribution in [3.63, 3.8) is 0 Å². The zero-order chi connectivity index (χ0) is 14.8. The highest BCUT2D eigenvalue weighted by atomic mass is 16.3. The SMILES string of the molecule is CCc1ccc(CCNC(=O)NC(C)CCCO)cc1. The molecule has 0 fully saturated rings. The van der Waals surface area contributed by atoms with Gasteiger partial charge in [-0.05, 0) is 43.7 Å². The van der Waals surface area contributed by atoms with E-state index >= 15 is 0 Å². The maximum Gasteiger partial charge on any atom is 0.315 e. The fourth-order valence-electron chi connectivity index (χ4n) is 2.01. The minimum Gasteiger partial charge on any atom is -0.396 e. The minimum atomic E-state index is -0.138. The van der Waals surface area contributed by atoms with Crippen molar-refractivity contribution in [1.82, 2.24) is 10.6 Å².